The van der Waals surface area contributed by atoms with Crippen molar-refractivity contribution in [3.63, 3.8) is 0 Å². The van der Waals surface area contributed by atoms with Crippen molar-refractivity contribution in [2.24, 2.45) is 0 Å². The zero-order valence-corrected chi connectivity index (χ0v) is 18.7. The molecule has 0 aliphatic carbocycles. The van der Waals surface area contributed by atoms with Crippen LogP contribution in [0.15, 0.2) is 50.0 Å². The highest BCUT2D eigenvalue weighted by molar-refractivity contribution is 9.10. The first-order valence-corrected chi connectivity index (χ1v) is 10.5. The highest BCUT2D eigenvalue weighted by Gasteiger charge is 2.48. The molecule has 2 N–H and O–H groups in total. The Morgan fingerprint density at radius 1 is 1.23 bits per heavy atom. The molecule has 2 aromatic heterocycles. The average molecular weight is 569 g/mol. The van der Waals surface area contributed by atoms with E-state index in [1.54, 1.807) is 36.4 Å². The lowest BCUT2D eigenvalue weighted by atomic mass is 10.0. The summed E-state index contributed by atoms with van der Waals surface area (Å²) in [5, 5.41) is 10.0. The molecule has 0 saturated heterocycles. The Kier molecular flexibility index (Phi) is 5.62. The van der Waals surface area contributed by atoms with Gasteiger partial charge in [0.1, 0.15) is 11.6 Å². The molecule has 0 spiro atoms. The second-order valence-electron chi connectivity index (χ2n) is 6.55. The third-order valence-electron chi connectivity index (χ3n) is 4.55. The second-order valence-corrected chi connectivity index (χ2v) is 8.56. The molecule has 0 fully saturated rings. The van der Waals surface area contributed by atoms with Crippen molar-refractivity contribution in [3.8, 4) is 0 Å². The minimum absolute atomic E-state index is 0.0438. The first kappa shape index (κ1) is 21.3. The number of alkyl halides is 3. The Morgan fingerprint density at radius 3 is 2.53 bits per heavy atom. The van der Waals surface area contributed by atoms with Crippen LogP contribution in [0.25, 0.3) is 0 Å². The fourth-order valence-corrected chi connectivity index (χ4v) is 4.16. The number of benzene rings is 1. The number of rotatable bonds is 3. The van der Waals surface area contributed by atoms with Gasteiger partial charge < -0.3 is 15.1 Å². The lowest BCUT2D eigenvalue weighted by molar-refractivity contribution is -0.174. The van der Waals surface area contributed by atoms with Crippen molar-refractivity contribution in [1.29, 1.82) is 0 Å². The number of halogens is 6. The molecule has 3 heterocycles. The third-order valence-corrected chi connectivity index (χ3v) is 5.98. The molecule has 0 radical (unpaired) electrons. The number of nitrogens with one attached hydrogen (secondary N) is 2. The van der Waals surface area contributed by atoms with Crippen molar-refractivity contribution in [3.05, 3.63) is 62.0 Å². The predicted octanol–water partition coefficient (Wildman–Crippen LogP) is 6.57. The van der Waals surface area contributed by atoms with Gasteiger partial charge in [-0.05, 0) is 68.3 Å². The molecular formula is C18H12Br2ClF3N4O2. The molecule has 158 valence electrons. The summed E-state index contributed by atoms with van der Waals surface area (Å²) in [4.78, 5) is 12.7. The fraction of sp³-hybridized carbons (Fsp3) is 0.222. The molecule has 4 rings (SSSR count). The zero-order valence-electron chi connectivity index (χ0n) is 14.8. The molecular weight excluding hydrogens is 556 g/mol. The van der Waals surface area contributed by atoms with E-state index in [4.69, 9.17) is 16.0 Å². The van der Waals surface area contributed by atoms with E-state index in [9.17, 15) is 18.0 Å². The highest BCUT2D eigenvalue weighted by Crippen LogP contribution is 2.46. The monoisotopic (exact) mass is 566 g/mol. The molecule has 0 saturated carbocycles. The van der Waals surface area contributed by atoms with Gasteiger partial charge in [-0.15, -0.1) is 0 Å². The number of hydrogen-bond acceptors (Lipinski definition) is 4. The fourth-order valence-electron chi connectivity index (χ4n) is 3.16. The van der Waals surface area contributed by atoms with Gasteiger partial charge in [-0.1, -0.05) is 11.6 Å². The third kappa shape index (κ3) is 4.10. The lowest BCUT2D eigenvalue weighted by Crippen LogP contribution is -2.35. The number of carbonyl (C=O) groups is 1. The van der Waals surface area contributed by atoms with Gasteiger partial charge in [-0.2, -0.15) is 18.3 Å². The van der Waals surface area contributed by atoms with E-state index in [-0.39, 0.29) is 22.4 Å². The Labute approximate surface area is 190 Å². The van der Waals surface area contributed by atoms with Crippen LogP contribution in [0.1, 0.15) is 34.8 Å². The van der Waals surface area contributed by atoms with Crippen LogP contribution < -0.4 is 10.6 Å². The van der Waals surface area contributed by atoms with Crippen molar-refractivity contribution < 1.29 is 22.4 Å². The molecule has 12 heteroatoms. The number of carbonyl (C=O) groups excluding carboxylic acids is 1. The van der Waals surface area contributed by atoms with Crippen LogP contribution in [0.5, 0.6) is 0 Å². The first-order valence-electron chi connectivity index (χ1n) is 8.57. The Bertz CT molecular complexity index is 1100. The SMILES string of the molecule is O=C(Nc1ccc(Cl)cc1)c1nn2c(c1Br)NC(c1ccc(Br)o1)CC2C(F)(F)F. The number of anilines is 2. The van der Waals surface area contributed by atoms with Crippen LogP contribution in [0, 0.1) is 0 Å². The number of furan rings is 1. The smallest absolute Gasteiger partial charge is 0.410 e. The number of nitrogens with zero attached hydrogens (tertiary/aromatic N) is 2. The van der Waals surface area contributed by atoms with Gasteiger partial charge in [0.25, 0.3) is 5.91 Å². The molecule has 1 aromatic carbocycles. The Balaban J connectivity index is 1.69. The normalized spacial score (nSPS) is 18.6. The van der Waals surface area contributed by atoms with E-state index in [2.05, 4.69) is 47.6 Å². The molecule has 2 atom stereocenters. The van der Waals surface area contributed by atoms with Gasteiger partial charge in [0.05, 0.1) is 10.5 Å². The highest BCUT2D eigenvalue weighted by atomic mass is 79.9. The topological polar surface area (TPSA) is 72.1 Å². The largest absolute Gasteiger partial charge is 0.452 e. The summed E-state index contributed by atoms with van der Waals surface area (Å²) in [5.74, 6) is -0.281. The van der Waals surface area contributed by atoms with Crippen molar-refractivity contribution in [2.45, 2.75) is 24.7 Å². The van der Waals surface area contributed by atoms with Crippen LogP contribution >= 0.6 is 43.5 Å². The Morgan fingerprint density at radius 2 is 1.93 bits per heavy atom. The standard InChI is InChI=1S/C18H12Br2ClF3N4O2/c19-13-6-5-11(30-13)10-7-12(18(22,23)24)28-16(26-10)14(20)15(27-28)17(29)25-9-3-1-8(21)2-4-9/h1-6,10,12,26H,7H2,(H,25,29). The first-order chi connectivity index (χ1) is 14.1. The van der Waals surface area contributed by atoms with Gasteiger partial charge in [0, 0.05) is 17.1 Å². The number of aromatic nitrogens is 2. The van der Waals surface area contributed by atoms with Crippen LogP contribution in [0.4, 0.5) is 24.7 Å². The van der Waals surface area contributed by atoms with Crippen LogP contribution in [-0.4, -0.2) is 21.9 Å². The van der Waals surface area contributed by atoms with Crippen molar-refractivity contribution in [1.82, 2.24) is 9.78 Å². The number of amides is 1. The van der Waals surface area contributed by atoms with Gasteiger partial charge in [-0.3, -0.25) is 4.79 Å². The maximum absolute atomic E-state index is 13.8. The van der Waals surface area contributed by atoms with E-state index in [0.29, 0.717) is 21.1 Å². The van der Waals surface area contributed by atoms with Crippen LogP contribution in [0.3, 0.4) is 0 Å². The van der Waals surface area contributed by atoms with E-state index >= 15 is 0 Å². The zero-order chi connectivity index (χ0) is 21.6. The summed E-state index contributed by atoms with van der Waals surface area (Å²) >= 11 is 12.2. The van der Waals surface area contributed by atoms with E-state index in [1.165, 1.54) is 0 Å². The average Bonchev–Trinajstić information content (AvgIpc) is 3.26. The summed E-state index contributed by atoms with van der Waals surface area (Å²) in [6.45, 7) is 0. The summed E-state index contributed by atoms with van der Waals surface area (Å²) in [7, 11) is 0. The van der Waals surface area contributed by atoms with Crippen molar-refractivity contribution >= 4 is 60.9 Å². The predicted molar refractivity (Wildman–Crippen MR) is 112 cm³/mol. The summed E-state index contributed by atoms with van der Waals surface area (Å²) < 4.78 is 48.1. The molecule has 1 aliphatic heterocycles. The minimum Gasteiger partial charge on any atom is -0.452 e. The van der Waals surface area contributed by atoms with Gasteiger partial charge in [-0.25, -0.2) is 4.68 Å². The molecule has 30 heavy (non-hydrogen) atoms. The van der Waals surface area contributed by atoms with E-state index in [1.807, 2.05) is 0 Å². The summed E-state index contributed by atoms with van der Waals surface area (Å²) in [5.41, 5.74) is 0.254. The van der Waals surface area contributed by atoms with Crippen molar-refractivity contribution in [2.75, 3.05) is 10.6 Å². The maximum atomic E-state index is 13.8. The number of fused-ring (bicyclic) bond motifs is 1. The molecule has 0 bridgehead atoms. The molecule has 3 aromatic rings. The number of hydrogen-bond donors (Lipinski definition) is 2. The van der Waals surface area contributed by atoms with Gasteiger partial charge in [0.2, 0.25) is 0 Å². The molecule has 6 nitrogen and oxygen atoms in total. The molecule has 1 aliphatic rings. The van der Waals surface area contributed by atoms with Crippen LogP contribution in [0.2, 0.25) is 5.02 Å². The maximum Gasteiger partial charge on any atom is 0.410 e. The Hall–Kier alpha value is -1.98. The minimum atomic E-state index is -4.58. The van der Waals surface area contributed by atoms with Gasteiger partial charge >= 0.3 is 6.18 Å². The molecule has 1 amide bonds. The van der Waals surface area contributed by atoms with Gasteiger partial charge in [0.15, 0.2) is 16.4 Å². The van der Waals surface area contributed by atoms with E-state index in [0.717, 1.165) is 4.68 Å². The van der Waals surface area contributed by atoms with E-state index < -0.39 is 24.2 Å². The quantitative estimate of drug-likeness (QED) is 0.375. The molecule has 2 unspecified atom stereocenters. The summed E-state index contributed by atoms with van der Waals surface area (Å²) in [6, 6.07) is 6.81. The lowest BCUT2D eigenvalue weighted by Gasteiger charge is -2.32. The van der Waals surface area contributed by atoms with Crippen LogP contribution in [-0.2, 0) is 0 Å². The summed E-state index contributed by atoms with van der Waals surface area (Å²) in [6.07, 6.45) is -4.92. The second kappa shape index (κ2) is 7.93.